The van der Waals surface area contributed by atoms with Crippen molar-refractivity contribution in [1.82, 2.24) is 0 Å². The lowest BCUT2D eigenvalue weighted by atomic mass is 9.86. The Balaban J connectivity index is 1.17. The summed E-state index contributed by atoms with van der Waals surface area (Å²) in [5, 5.41) is 7.27. The zero-order chi connectivity index (χ0) is 37.0. The molecule has 262 valence electrons. The van der Waals surface area contributed by atoms with Crippen LogP contribution < -0.4 is 9.64 Å². The summed E-state index contributed by atoms with van der Waals surface area (Å²) in [5.41, 5.74) is 12.6. The van der Waals surface area contributed by atoms with Gasteiger partial charge in [-0.25, -0.2) is 0 Å². The molecule has 0 aromatic heterocycles. The Hall–Kier alpha value is -7.42. The largest absolute Gasteiger partial charge is 0.456 e. The van der Waals surface area contributed by atoms with E-state index in [2.05, 4.69) is 217 Å². The fraction of sp³-hybridized carbons (Fsp3) is 0. The van der Waals surface area contributed by atoms with Gasteiger partial charge in [-0.15, -0.1) is 0 Å². The zero-order valence-corrected chi connectivity index (χ0v) is 30.6. The summed E-state index contributed by atoms with van der Waals surface area (Å²) in [6, 6.07) is 76.4. The van der Waals surface area contributed by atoms with Crippen LogP contribution in [0.4, 0.5) is 17.1 Å². The number of rotatable bonds is 6. The van der Waals surface area contributed by atoms with Gasteiger partial charge in [-0.3, -0.25) is 0 Å². The lowest BCUT2D eigenvalue weighted by Gasteiger charge is -2.32. The van der Waals surface area contributed by atoms with Gasteiger partial charge in [0.15, 0.2) is 0 Å². The smallest absolute Gasteiger partial charge is 0.136 e. The van der Waals surface area contributed by atoms with E-state index in [9.17, 15) is 0 Å². The van der Waals surface area contributed by atoms with E-state index in [1.807, 2.05) is 0 Å². The molecule has 0 atom stereocenters. The normalized spacial score (nSPS) is 11.7. The van der Waals surface area contributed by atoms with Crippen LogP contribution in [0.1, 0.15) is 0 Å². The third-order valence-electron chi connectivity index (χ3n) is 11.3. The summed E-state index contributed by atoms with van der Waals surface area (Å²) in [6.45, 7) is 0. The van der Waals surface area contributed by atoms with Crippen LogP contribution in [-0.2, 0) is 0 Å². The van der Waals surface area contributed by atoms with E-state index in [4.69, 9.17) is 4.74 Å². The third kappa shape index (κ3) is 5.26. The van der Waals surface area contributed by atoms with E-state index in [0.717, 1.165) is 50.5 Å². The fourth-order valence-corrected chi connectivity index (χ4v) is 8.64. The van der Waals surface area contributed by atoms with Crippen molar-refractivity contribution in [2.75, 3.05) is 4.90 Å². The fourth-order valence-electron chi connectivity index (χ4n) is 8.64. The highest BCUT2D eigenvalue weighted by Gasteiger charge is 2.28. The zero-order valence-electron chi connectivity index (χ0n) is 30.6. The van der Waals surface area contributed by atoms with Crippen molar-refractivity contribution in [3.8, 4) is 56.0 Å². The molecule has 0 aliphatic carbocycles. The molecule has 0 saturated heterocycles. The quantitative estimate of drug-likeness (QED) is 0.159. The Morgan fingerprint density at radius 1 is 0.321 bits per heavy atom. The number of para-hydroxylation sites is 1. The van der Waals surface area contributed by atoms with Crippen LogP contribution in [0.2, 0.25) is 0 Å². The molecule has 0 saturated carbocycles. The van der Waals surface area contributed by atoms with Gasteiger partial charge < -0.3 is 9.64 Å². The van der Waals surface area contributed by atoms with Gasteiger partial charge in [-0.05, 0) is 109 Å². The Morgan fingerprint density at radius 3 is 1.55 bits per heavy atom. The summed E-state index contributed by atoms with van der Waals surface area (Å²) >= 11 is 0. The van der Waals surface area contributed by atoms with Crippen molar-refractivity contribution in [3.63, 3.8) is 0 Å². The lowest BCUT2D eigenvalue weighted by molar-refractivity contribution is 0.487. The van der Waals surface area contributed by atoms with Crippen molar-refractivity contribution >= 4 is 49.4 Å². The number of fused-ring (bicyclic) bond motifs is 5. The Bertz CT molecular complexity index is 2990. The van der Waals surface area contributed by atoms with Gasteiger partial charge >= 0.3 is 0 Å². The van der Waals surface area contributed by atoms with Gasteiger partial charge in [0.1, 0.15) is 11.5 Å². The van der Waals surface area contributed by atoms with Crippen LogP contribution in [0, 0.1) is 0 Å². The highest BCUT2D eigenvalue weighted by Crippen LogP contribution is 2.55. The van der Waals surface area contributed by atoms with Crippen molar-refractivity contribution < 1.29 is 4.74 Å². The molecule has 10 aromatic carbocycles. The first kappa shape index (κ1) is 32.0. The average molecular weight is 714 g/mol. The predicted octanol–water partition coefficient (Wildman–Crippen LogP) is 15.4. The molecule has 0 unspecified atom stereocenters. The van der Waals surface area contributed by atoms with Crippen molar-refractivity contribution in [1.29, 1.82) is 0 Å². The molecule has 11 rings (SSSR count). The summed E-state index contributed by atoms with van der Waals surface area (Å²) in [7, 11) is 0. The topological polar surface area (TPSA) is 12.5 Å². The number of hydrogen-bond acceptors (Lipinski definition) is 2. The second-order valence-corrected chi connectivity index (χ2v) is 14.4. The number of hydrogen-bond donors (Lipinski definition) is 0. The molecule has 10 aromatic rings. The van der Waals surface area contributed by atoms with Crippen molar-refractivity contribution in [2.24, 2.45) is 0 Å². The van der Waals surface area contributed by atoms with Crippen LogP contribution in [0.25, 0.3) is 76.8 Å². The molecular formula is C54H35NO. The van der Waals surface area contributed by atoms with E-state index in [0.29, 0.717) is 0 Å². The molecule has 0 N–H and O–H groups in total. The molecule has 56 heavy (non-hydrogen) atoms. The second-order valence-electron chi connectivity index (χ2n) is 14.4. The van der Waals surface area contributed by atoms with Crippen molar-refractivity contribution in [2.45, 2.75) is 0 Å². The van der Waals surface area contributed by atoms with Crippen LogP contribution in [-0.4, -0.2) is 0 Å². The van der Waals surface area contributed by atoms with Crippen molar-refractivity contribution in [3.05, 3.63) is 212 Å². The summed E-state index contributed by atoms with van der Waals surface area (Å²) in [4.78, 5) is 2.41. The molecule has 1 aliphatic rings. The SMILES string of the molecule is c1ccc(-c2ccc(N(c3ccc(-c4ccccc4)cc3)c3ccc4c(-c5cc6ccccc6c6ccccc56)ccc5c4c3-c3ccccc3O5)cc2)cc1. The third-order valence-corrected chi connectivity index (χ3v) is 11.3. The Kier molecular flexibility index (Phi) is 7.53. The minimum atomic E-state index is 0.858. The van der Waals surface area contributed by atoms with Crippen LogP contribution in [0.5, 0.6) is 11.5 Å². The van der Waals surface area contributed by atoms with Crippen LogP contribution >= 0.6 is 0 Å². The monoisotopic (exact) mass is 713 g/mol. The molecule has 0 radical (unpaired) electrons. The number of benzene rings is 10. The number of nitrogens with zero attached hydrogens (tertiary/aromatic N) is 1. The van der Waals surface area contributed by atoms with Gasteiger partial charge in [0, 0.05) is 27.9 Å². The maximum absolute atomic E-state index is 6.76. The average Bonchev–Trinajstić information content (AvgIpc) is 3.28. The molecule has 0 spiro atoms. The van der Waals surface area contributed by atoms with Gasteiger partial charge in [0.2, 0.25) is 0 Å². The lowest BCUT2D eigenvalue weighted by Crippen LogP contribution is -2.12. The molecule has 1 aliphatic heterocycles. The van der Waals surface area contributed by atoms with Crippen LogP contribution in [0.3, 0.4) is 0 Å². The second kappa shape index (κ2) is 13.2. The highest BCUT2D eigenvalue weighted by atomic mass is 16.5. The van der Waals surface area contributed by atoms with E-state index in [-0.39, 0.29) is 0 Å². The highest BCUT2D eigenvalue weighted by molar-refractivity contribution is 6.20. The minimum absolute atomic E-state index is 0.858. The maximum Gasteiger partial charge on any atom is 0.136 e. The minimum Gasteiger partial charge on any atom is -0.456 e. The Morgan fingerprint density at radius 2 is 0.875 bits per heavy atom. The standard InChI is InChI=1S/C54H35NO/c1-3-13-36(14-4-1)38-23-27-41(28-24-38)55(42-29-25-39(26-30-42)37-15-5-2-6-16-37)50-33-31-47-46(32-34-52-54(47)53(50)48-21-11-12-22-51(48)56-52)49-35-40-17-7-8-18-43(40)44-19-9-10-20-45(44)49/h1-35H. The molecule has 1 heterocycles. The van der Waals surface area contributed by atoms with E-state index < -0.39 is 0 Å². The number of ether oxygens (including phenoxy) is 1. The van der Waals surface area contributed by atoms with Gasteiger partial charge in [0.25, 0.3) is 0 Å². The molecule has 0 bridgehead atoms. The summed E-state index contributed by atoms with van der Waals surface area (Å²) < 4.78 is 6.76. The molecule has 2 heteroatoms. The van der Waals surface area contributed by atoms with Gasteiger partial charge in [0.05, 0.1) is 5.69 Å². The molecule has 2 nitrogen and oxygen atoms in total. The van der Waals surface area contributed by atoms with Gasteiger partial charge in [-0.2, -0.15) is 0 Å². The number of anilines is 3. The Labute approximate surface area is 326 Å². The molecule has 0 amide bonds. The first-order valence-electron chi connectivity index (χ1n) is 19.2. The summed E-state index contributed by atoms with van der Waals surface area (Å²) in [6.07, 6.45) is 0. The molecular weight excluding hydrogens is 679 g/mol. The first-order chi connectivity index (χ1) is 27.8. The van der Waals surface area contributed by atoms with E-state index in [1.54, 1.807) is 0 Å². The predicted molar refractivity (Wildman–Crippen MR) is 235 cm³/mol. The first-order valence-corrected chi connectivity index (χ1v) is 19.2. The van der Waals surface area contributed by atoms with Gasteiger partial charge in [-0.1, -0.05) is 164 Å². The summed E-state index contributed by atoms with van der Waals surface area (Å²) in [5.74, 6) is 1.72. The van der Waals surface area contributed by atoms with E-state index >= 15 is 0 Å². The maximum atomic E-state index is 6.76. The molecule has 0 fully saturated rings. The van der Waals surface area contributed by atoms with E-state index in [1.165, 1.54) is 54.9 Å². The van der Waals surface area contributed by atoms with Crippen LogP contribution in [0.15, 0.2) is 212 Å².